The Bertz CT molecular complexity index is 372. The van der Waals surface area contributed by atoms with Gasteiger partial charge in [0.05, 0.1) is 5.56 Å². The van der Waals surface area contributed by atoms with Crippen molar-refractivity contribution in [3.8, 4) is 0 Å². The van der Waals surface area contributed by atoms with Gasteiger partial charge in [-0.05, 0) is 25.5 Å². The maximum absolute atomic E-state index is 12.7. The summed E-state index contributed by atoms with van der Waals surface area (Å²) in [5.41, 5.74) is 4.77. The summed E-state index contributed by atoms with van der Waals surface area (Å²) in [6.07, 6.45) is -4.31. The Morgan fingerprint density at radius 2 is 1.76 bits per heavy atom. The average molecular weight is 246 g/mol. The van der Waals surface area contributed by atoms with Crippen LogP contribution < -0.4 is 11.1 Å². The second-order valence-corrected chi connectivity index (χ2v) is 4.60. The summed E-state index contributed by atoms with van der Waals surface area (Å²) in [4.78, 5) is 0. The molecular formula is C12H17F3N2. The van der Waals surface area contributed by atoms with Gasteiger partial charge in [0.15, 0.2) is 0 Å². The molecule has 0 spiro atoms. The van der Waals surface area contributed by atoms with Crippen LogP contribution in [0.15, 0.2) is 24.3 Å². The first-order chi connectivity index (χ1) is 7.76. The van der Waals surface area contributed by atoms with Crippen LogP contribution in [0.2, 0.25) is 0 Å². The second-order valence-electron chi connectivity index (χ2n) is 4.60. The number of nitrogens with one attached hydrogen (secondary N) is 1. The molecule has 0 saturated heterocycles. The van der Waals surface area contributed by atoms with Crippen molar-refractivity contribution in [3.05, 3.63) is 35.4 Å². The zero-order valence-corrected chi connectivity index (χ0v) is 9.93. The van der Waals surface area contributed by atoms with Crippen LogP contribution in [0.3, 0.4) is 0 Å². The lowest BCUT2D eigenvalue weighted by molar-refractivity contribution is -0.138. The number of alkyl halides is 3. The Morgan fingerprint density at radius 3 is 2.29 bits per heavy atom. The SMILES string of the molecule is CC(C)(CN)NCc1ccccc1C(F)(F)F. The molecule has 5 heteroatoms. The minimum absolute atomic E-state index is 0.153. The quantitative estimate of drug-likeness (QED) is 0.856. The first-order valence-corrected chi connectivity index (χ1v) is 5.36. The van der Waals surface area contributed by atoms with Gasteiger partial charge < -0.3 is 11.1 Å². The van der Waals surface area contributed by atoms with Crippen LogP contribution in [0.1, 0.15) is 25.0 Å². The Kier molecular flexibility index (Phi) is 4.16. The lowest BCUT2D eigenvalue weighted by Gasteiger charge is -2.25. The number of hydrogen-bond donors (Lipinski definition) is 2. The molecule has 0 aliphatic rings. The van der Waals surface area contributed by atoms with Gasteiger partial charge in [0, 0.05) is 18.6 Å². The fourth-order valence-electron chi connectivity index (χ4n) is 1.36. The van der Waals surface area contributed by atoms with Gasteiger partial charge in [-0.15, -0.1) is 0 Å². The molecular weight excluding hydrogens is 229 g/mol. The van der Waals surface area contributed by atoms with Crippen LogP contribution in [-0.2, 0) is 12.7 Å². The number of nitrogens with two attached hydrogens (primary N) is 1. The maximum Gasteiger partial charge on any atom is 0.416 e. The monoisotopic (exact) mass is 246 g/mol. The van der Waals surface area contributed by atoms with Crippen molar-refractivity contribution >= 4 is 0 Å². The first-order valence-electron chi connectivity index (χ1n) is 5.36. The molecule has 0 fully saturated rings. The summed E-state index contributed by atoms with van der Waals surface area (Å²) in [6, 6.07) is 5.55. The molecule has 0 aliphatic heterocycles. The topological polar surface area (TPSA) is 38.0 Å². The van der Waals surface area contributed by atoms with Crippen molar-refractivity contribution in [2.24, 2.45) is 5.73 Å². The molecule has 96 valence electrons. The summed E-state index contributed by atoms with van der Waals surface area (Å²) in [5, 5.41) is 3.01. The third-order valence-electron chi connectivity index (χ3n) is 2.59. The van der Waals surface area contributed by atoms with Gasteiger partial charge in [-0.1, -0.05) is 18.2 Å². The van der Waals surface area contributed by atoms with Crippen LogP contribution in [0.25, 0.3) is 0 Å². The Morgan fingerprint density at radius 1 is 1.18 bits per heavy atom. The molecule has 0 atom stereocenters. The van der Waals surface area contributed by atoms with Gasteiger partial charge in [0.1, 0.15) is 0 Å². The van der Waals surface area contributed by atoms with E-state index in [1.165, 1.54) is 12.1 Å². The molecule has 0 saturated carbocycles. The van der Waals surface area contributed by atoms with Gasteiger partial charge in [-0.2, -0.15) is 13.2 Å². The van der Waals surface area contributed by atoms with Crippen LogP contribution in [0, 0.1) is 0 Å². The largest absolute Gasteiger partial charge is 0.416 e. The third kappa shape index (κ3) is 4.02. The number of benzene rings is 1. The van der Waals surface area contributed by atoms with Crippen molar-refractivity contribution in [2.75, 3.05) is 6.54 Å². The Balaban J connectivity index is 2.85. The van der Waals surface area contributed by atoms with Gasteiger partial charge in [0.25, 0.3) is 0 Å². The minimum Gasteiger partial charge on any atom is -0.329 e. The van der Waals surface area contributed by atoms with Crippen molar-refractivity contribution in [1.29, 1.82) is 0 Å². The van der Waals surface area contributed by atoms with Crippen LogP contribution in [0.4, 0.5) is 13.2 Å². The average Bonchev–Trinajstić information content (AvgIpc) is 2.26. The highest BCUT2D eigenvalue weighted by atomic mass is 19.4. The fraction of sp³-hybridized carbons (Fsp3) is 0.500. The lowest BCUT2D eigenvalue weighted by atomic mass is 10.0. The predicted octanol–water partition coefficient (Wildman–Crippen LogP) is 2.53. The summed E-state index contributed by atoms with van der Waals surface area (Å²) in [5.74, 6) is 0. The van der Waals surface area contributed by atoms with E-state index in [1.807, 2.05) is 13.8 Å². The minimum atomic E-state index is -4.31. The predicted molar refractivity (Wildman–Crippen MR) is 61.4 cm³/mol. The van der Waals surface area contributed by atoms with E-state index in [0.29, 0.717) is 6.54 Å². The van der Waals surface area contributed by atoms with E-state index in [4.69, 9.17) is 5.73 Å². The molecule has 2 nitrogen and oxygen atoms in total. The Labute approximate surface area is 99.0 Å². The summed E-state index contributed by atoms with van der Waals surface area (Å²) in [6.45, 7) is 4.22. The van der Waals surface area contributed by atoms with Gasteiger partial charge in [-0.25, -0.2) is 0 Å². The molecule has 0 unspecified atom stereocenters. The third-order valence-corrected chi connectivity index (χ3v) is 2.59. The van der Waals surface area contributed by atoms with E-state index in [0.717, 1.165) is 6.07 Å². The number of rotatable bonds is 4. The molecule has 0 aliphatic carbocycles. The van der Waals surface area contributed by atoms with E-state index in [1.54, 1.807) is 6.07 Å². The molecule has 3 N–H and O–H groups in total. The second kappa shape index (κ2) is 5.06. The van der Waals surface area contributed by atoms with Crippen molar-refractivity contribution in [2.45, 2.75) is 32.1 Å². The van der Waals surface area contributed by atoms with Crippen LogP contribution in [0.5, 0.6) is 0 Å². The van der Waals surface area contributed by atoms with Crippen molar-refractivity contribution in [3.63, 3.8) is 0 Å². The van der Waals surface area contributed by atoms with E-state index >= 15 is 0 Å². The lowest BCUT2D eigenvalue weighted by Crippen LogP contribution is -2.45. The summed E-state index contributed by atoms with van der Waals surface area (Å²) in [7, 11) is 0. The zero-order valence-electron chi connectivity index (χ0n) is 9.93. The zero-order chi connectivity index (χ0) is 13.1. The number of halogens is 3. The smallest absolute Gasteiger partial charge is 0.329 e. The van der Waals surface area contributed by atoms with E-state index in [9.17, 15) is 13.2 Å². The van der Waals surface area contributed by atoms with Crippen LogP contribution in [-0.4, -0.2) is 12.1 Å². The first kappa shape index (κ1) is 14.0. The number of hydrogen-bond acceptors (Lipinski definition) is 2. The van der Waals surface area contributed by atoms with E-state index < -0.39 is 11.7 Å². The highest BCUT2D eigenvalue weighted by Crippen LogP contribution is 2.31. The molecule has 1 rings (SSSR count). The molecule has 0 radical (unpaired) electrons. The van der Waals surface area contributed by atoms with Gasteiger partial charge >= 0.3 is 6.18 Å². The molecule has 0 amide bonds. The fourth-order valence-corrected chi connectivity index (χ4v) is 1.36. The molecule has 17 heavy (non-hydrogen) atoms. The van der Waals surface area contributed by atoms with E-state index in [-0.39, 0.29) is 17.6 Å². The molecule has 0 bridgehead atoms. The summed E-state index contributed by atoms with van der Waals surface area (Å²) < 4.78 is 38.1. The molecule has 1 aromatic rings. The van der Waals surface area contributed by atoms with Gasteiger partial charge in [0.2, 0.25) is 0 Å². The molecule has 1 aromatic carbocycles. The standard InChI is InChI=1S/C12H17F3N2/c1-11(2,8-16)17-7-9-5-3-4-6-10(9)12(13,14)15/h3-6,17H,7-8,16H2,1-2H3. The highest BCUT2D eigenvalue weighted by Gasteiger charge is 2.33. The van der Waals surface area contributed by atoms with Crippen molar-refractivity contribution in [1.82, 2.24) is 5.32 Å². The normalized spacial score (nSPS) is 12.8. The molecule has 0 aromatic heterocycles. The highest BCUT2D eigenvalue weighted by molar-refractivity contribution is 5.29. The van der Waals surface area contributed by atoms with E-state index in [2.05, 4.69) is 5.32 Å². The Hall–Kier alpha value is -1.07. The van der Waals surface area contributed by atoms with Gasteiger partial charge in [-0.3, -0.25) is 0 Å². The van der Waals surface area contributed by atoms with Crippen LogP contribution >= 0.6 is 0 Å². The summed E-state index contributed by atoms with van der Waals surface area (Å²) >= 11 is 0. The van der Waals surface area contributed by atoms with Crippen molar-refractivity contribution < 1.29 is 13.2 Å². The molecule has 0 heterocycles. The maximum atomic E-state index is 12.7.